The van der Waals surface area contributed by atoms with Gasteiger partial charge in [-0.2, -0.15) is 5.10 Å². The predicted molar refractivity (Wildman–Crippen MR) is 125 cm³/mol. The van der Waals surface area contributed by atoms with Gasteiger partial charge in [0.05, 0.1) is 33.1 Å². The van der Waals surface area contributed by atoms with Gasteiger partial charge in [0.1, 0.15) is 23.8 Å². The van der Waals surface area contributed by atoms with Gasteiger partial charge in [0.2, 0.25) is 0 Å². The van der Waals surface area contributed by atoms with E-state index in [9.17, 15) is 9.59 Å². The number of ether oxygens (including phenoxy) is 3. The molecule has 1 aliphatic heterocycles. The van der Waals surface area contributed by atoms with Crippen LogP contribution in [0, 0.1) is 0 Å². The van der Waals surface area contributed by atoms with Crippen LogP contribution in [0.2, 0.25) is 0 Å². The lowest BCUT2D eigenvalue weighted by atomic mass is 9.97. The number of rotatable bonds is 8. The number of hydrazone groups is 1. The highest BCUT2D eigenvalue weighted by molar-refractivity contribution is 6.05. The van der Waals surface area contributed by atoms with Crippen LogP contribution in [0.3, 0.4) is 0 Å². The van der Waals surface area contributed by atoms with E-state index in [0.29, 0.717) is 30.2 Å². The molecule has 0 saturated heterocycles. The number of hydrogen-bond acceptors (Lipinski definition) is 6. The Bertz CT molecular complexity index is 1020. The molecule has 3 amide bonds. The Kier molecular flexibility index (Phi) is 7.76. The number of nitrogens with one attached hydrogen (secondary N) is 1. The maximum atomic E-state index is 13.2. The van der Waals surface area contributed by atoms with E-state index in [-0.39, 0.29) is 24.5 Å². The van der Waals surface area contributed by atoms with Crippen LogP contribution in [0.5, 0.6) is 17.2 Å². The second-order valence-electron chi connectivity index (χ2n) is 7.54. The molecule has 3 rings (SSSR count). The van der Waals surface area contributed by atoms with E-state index in [2.05, 4.69) is 10.4 Å². The monoisotopic (exact) mass is 454 g/mol. The molecular formula is C24H30N4O5. The molecule has 0 radical (unpaired) electrons. The van der Waals surface area contributed by atoms with Gasteiger partial charge in [-0.05, 0) is 36.8 Å². The van der Waals surface area contributed by atoms with Crippen LogP contribution in [0.25, 0.3) is 0 Å². The SMILES string of the molecule is CCNC(=O)N(C)CC(=O)N1N=C(c2ccc(OC)cc2OC)CC1c1ccc(OC)cc1. The summed E-state index contributed by atoms with van der Waals surface area (Å²) in [6.45, 7) is 2.21. The Hall–Kier alpha value is -3.75. The van der Waals surface area contributed by atoms with Gasteiger partial charge in [-0.25, -0.2) is 9.80 Å². The molecule has 9 heteroatoms. The van der Waals surface area contributed by atoms with E-state index < -0.39 is 0 Å². The van der Waals surface area contributed by atoms with Crippen LogP contribution in [-0.4, -0.2) is 69.0 Å². The van der Waals surface area contributed by atoms with Gasteiger partial charge < -0.3 is 24.4 Å². The molecule has 9 nitrogen and oxygen atoms in total. The summed E-state index contributed by atoms with van der Waals surface area (Å²) in [4.78, 5) is 26.7. The zero-order chi connectivity index (χ0) is 24.0. The minimum atomic E-state index is -0.326. The van der Waals surface area contributed by atoms with Gasteiger partial charge in [0.15, 0.2) is 0 Å². The molecular weight excluding hydrogens is 424 g/mol. The third-order valence-electron chi connectivity index (χ3n) is 5.43. The Labute approximate surface area is 193 Å². The number of carbonyl (C=O) groups is 2. The lowest BCUT2D eigenvalue weighted by molar-refractivity contribution is -0.133. The van der Waals surface area contributed by atoms with Crippen LogP contribution in [0.1, 0.15) is 30.5 Å². The molecule has 1 aliphatic rings. The predicted octanol–water partition coefficient (Wildman–Crippen LogP) is 3.05. The lowest BCUT2D eigenvalue weighted by Crippen LogP contribution is -2.43. The molecule has 1 atom stereocenters. The number of urea groups is 1. The highest BCUT2D eigenvalue weighted by Crippen LogP contribution is 2.36. The molecule has 1 heterocycles. The average Bonchev–Trinajstić information content (AvgIpc) is 3.29. The van der Waals surface area contributed by atoms with Crippen molar-refractivity contribution in [2.75, 3.05) is 41.5 Å². The first-order valence-electron chi connectivity index (χ1n) is 10.7. The van der Waals surface area contributed by atoms with Crippen LogP contribution >= 0.6 is 0 Å². The van der Waals surface area contributed by atoms with E-state index in [4.69, 9.17) is 14.2 Å². The van der Waals surface area contributed by atoms with E-state index in [0.717, 1.165) is 16.9 Å². The molecule has 176 valence electrons. The van der Waals surface area contributed by atoms with Crippen molar-refractivity contribution in [3.63, 3.8) is 0 Å². The second kappa shape index (κ2) is 10.7. The first-order chi connectivity index (χ1) is 15.9. The van der Waals surface area contributed by atoms with E-state index >= 15 is 0 Å². The van der Waals surface area contributed by atoms with Crippen LogP contribution in [0.15, 0.2) is 47.6 Å². The molecule has 0 bridgehead atoms. The van der Waals surface area contributed by atoms with Gasteiger partial charge in [0, 0.05) is 31.6 Å². The first kappa shape index (κ1) is 23.9. The fraction of sp³-hybridized carbons (Fsp3) is 0.375. The van der Waals surface area contributed by atoms with Crippen molar-refractivity contribution in [1.29, 1.82) is 0 Å². The van der Waals surface area contributed by atoms with Gasteiger partial charge in [-0.15, -0.1) is 0 Å². The zero-order valence-corrected chi connectivity index (χ0v) is 19.6. The van der Waals surface area contributed by atoms with E-state index in [1.807, 2.05) is 43.3 Å². The molecule has 0 aliphatic carbocycles. The standard InChI is InChI=1S/C24H30N4O5/c1-6-25-24(30)27(2)15-23(29)28-21(16-7-9-17(31-3)10-8-16)14-20(26-28)19-12-11-18(32-4)13-22(19)33-5/h7-13,21H,6,14-15H2,1-5H3,(H,25,30). The highest BCUT2D eigenvalue weighted by Gasteiger charge is 2.34. The zero-order valence-electron chi connectivity index (χ0n) is 19.6. The van der Waals surface area contributed by atoms with Crippen LogP contribution < -0.4 is 19.5 Å². The van der Waals surface area contributed by atoms with Crippen molar-refractivity contribution in [1.82, 2.24) is 15.2 Å². The topological polar surface area (TPSA) is 92.7 Å². The third kappa shape index (κ3) is 5.36. The summed E-state index contributed by atoms with van der Waals surface area (Å²) in [5.74, 6) is 1.71. The summed E-state index contributed by atoms with van der Waals surface area (Å²) >= 11 is 0. The lowest BCUT2D eigenvalue weighted by Gasteiger charge is -2.25. The fourth-order valence-electron chi connectivity index (χ4n) is 3.66. The largest absolute Gasteiger partial charge is 0.497 e. The molecule has 33 heavy (non-hydrogen) atoms. The maximum absolute atomic E-state index is 13.2. The number of hydrogen-bond donors (Lipinski definition) is 1. The molecule has 0 fully saturated rings. The molecule has 1 N–H and O–H groups in total. The maximum Gasteiger partial charge on any atom is 0.317 e. The Morgan fingerprint density at radius 3 is 2.33 bits per heavy atom. The van der Waals surface area contributed by atoms with Crippen molar-refractivity contribution < 1.29 is 23.8 Å². The number of amides is 3. The number of methoxy groups -OCH3 is 3. The molecule has 2 aromatic carbocycles. The minimum Gasteiger partial charge on any atom is -0.497 e. The number of likely N-dealkylation sites (N-methyl/N-ethyl adjacent to an activating group) is 1. The van der Waals surface area contributed by atoms with Crippen molar-refractivity contribution in [2.45, 2.75) is 19.4 Å². The summed E-state index contributed by atoms with van der Waals surface area (Å²) in [5.41, 5.74) is 2.41. The molecule has 2 aromatic rings. The van der Waals surface area contributed by atoms with Crippen molar-refractivity contribution >= 4 is 17.6 Å². The van der Waals surface area contributed by atoms with Gasteiger partial charge in [-0.1, -0.05) is 12.1 Å². The quantitative estimate of drug-likeness (QED) is 0.662. The van der Waals surface area contributed by atoms with Crippen LogP contribution in [0.4, 0.5) is 4.79 Å². The fourth-order valence-corrected chi connectivity index (χ4v) is 3.66. The van der Waals surface area contributed by atoms with Crippen LogP contribution in [-0.2, 0) is 4.79 Å². The Morgan fingerprint density at radius 1 is 1.06 bits per heavy atom. The minimum absolute atomic E-state index is 0.102. The van der Waals surface area contributed by atoms with E-state index in [1.165, 1.54) is 9.91 Å². The summed E-state index contributed by atoms with van der Waals surface area (Å²) in [6.07, 6.45) is 0.492. The van der Waals surface area contributed by atoms with E-state index in [1.54, 1.807) is 34.4 Å². The molecule has 0 spiro atoms. The number of nitrogens with zero attached hydrogens (tertiary/aromatic N) is 3. The summed E-state index contributed by atoms with van der Waals surface area (Å²) in [6, 6.07) is 12.4. The highest BCUT2D eigenvalue weighted by atomic mass is 16.5. The molecule has 0 aromatic heterocycles. The van der Waals surface area contributed by atoms with Crippen molar-refractivity contribution in [3.8, 4) is 17.2 Å². The first-order valence-corrected chi connectivity index (χ1v) is 10.7. The summed E-state index contributed by atoms with van der Waals surface area (Å²) < 4.78 is 16.1. The number of benzene rings is 2. The normalized spacial score (nSPS) is 15.0. The van der Waals surface area contributed by atoms with Gasteiger partial charge in [-0.3, -0.25) is 4.79 Å². The Morgan fingerprint density at radius 2 is 1.73 bits per heavy atom. The van der Waals surface area contributed by atoms with Crippen molar-refractivity contribution in [2.24, 2.45) is 5.10 Å². The molecule has 0 saturated carbocycles. The summed E-state index contributed by atoms with van der Waals surface area (Å²) in [5, 5.41) is 8.82. The Balaban J connectivity index is 1.94. The third-order valence-corrected chi connectivity index (χ3v) is 5.43. The summed E-state index contributed by atoms with van der Waals surface area (Å²) in [7, 11) is 6.36. The van der Waals surface area contributed by atoms with Gasteiger partial charge >= 0.3 is 6.03 Å². The second-order valence-corrected chi connectivity index (χ2v) is 7.54. The van der Waals surface area contributed by atoms with Crippen molar-refractivity contribution in [3.05, 3.63) is 53.6 Å². The number of carbonyl (C=O) groups excluding carboxylic acids is 2. The van der Waals surface area contributed by atoms with Gasteiger partial charge in [0.25, 0.3) is 5.91 Å². The smallest absolute Gasteiger partial charge is 0.317 e. The molecule has 1 unspecified atom stereocenters. The average molecular weight is 455 g/mol.